The van der Waals surface area contributed by atoms with Crippen LogP contribution < -0.4 is 0 Å². The number of esters is 1. The smallest absolute Gasteiger partial charge is 0.339 e. The van der Waals surface area contributed by atoms with Gasteiger partial charge in [0.2, 0.25) is 0 Å². The number of aryl methyl sites for hydroxylation is 4. The molecular formula is C84H92N2O9. The second-order valence-corrected chi connectivity index (χ2v) is 24.2. The fourth-order valence-corrected chi connectivity index (χ4v) is 12.4. The largest absolute Gasteiger partial charge is 0.478 e. The highest BCUT2D eigenvalue weighted by Crippen LogP contribution is 2.32. The van der Waals surface area contributed by atoms with E-state index in [1.165, 1.54) is 0 Å². The first-order valence-electron chi connectivity index (χ1n) is 33.6. The number of aliphatic hydroxyl groups is 3. The highest BCUT2D eigenvalue weighted by atomic mass is 16.5. The lowest BCUT2D eigenvalue weighted by Crippen LogP contribution is -2.28. The quantitative estimate of drug-likeness (QED) is 0.0544. The number of allylic oxidation sites excluding steroid dienone is 4. The molecular weight excluding hydrogens is 1180 g/mol. The number of cyclic esters (lactones) is 1. The van der Waals surface area contributed by atoms with Gasteiger partial charge in [-0.25, -0.2) is 9.59 Å². The zero-order valence-corrected chi connectivity index (χ0v) is 55.4. The Morgan fingerprint density at radius 2 is 0.811 bits per heavy atom. The standard InChI is InChI=1S/2C23H27NO2.C19H20O3.C19H18O2/c2*1-2-8-18-9-7-11-20(17-18)22(25)14-13-19-10-3-4-12-21(19)23(26)24-15-5-6-16-24;1-2-6-14-7-5-9-16(13-14)18(20)12-11-15-8-3-4-10-17(15)19(21)22;1-2-6-14-7-5-9-16(13-14)18-12-11-15-8-3-4-10-17(15)19(20)21-18/h2*2-4,7-12,17,22,25H,5-6,13-16H2,1H3;2-10,13,18,20H,11-12H2,1H3,(H,21,22);2-10,13,18H,11-12H2,1H3/b2*8-2+;2*6-2+. The van der Waals surface area contributed by atoms with Gasteiger partial charge < -0.3 is 35.0 Å². The molecule has 0 radical (unpaired) electrons. The Kier molecular flexibility index (Phi) is 28.1. The molecule has 2 saturated heterocycles. The number of ether oxygens (including phenoxy) is 1. The van der Waals surface area contributed by atoms with Gasteiger partial charge in [-0.1, -0.05) is 194 Å². The third-order valence-corrected chi connectivity index (χ3v) is 17.4. The van der Waals surface area contributed by atoms with E-state index in [4.69, 9.17) is 4.74 Å². The van der Waals surface area contributed by atoms with Gasteiger partial charge in [-0.05, 0) is 220 Å². The summed E-state index contributed by atoms with van der Waals surface area (Å²) in [4.78, 5) is 52.8. The minimum atomic E-state index is -0.930. The predicted molar refractivity (Wildman–Crippen MR) is 384 cm³/mol. The highest BCUT2D eigenvalue weighted by molar-refractivity contribution is 5.96. The van der Waals surface area contributed by atoms with Crippen LogP contribution in [-0.2, 0) is 30.4 Å². The van der Waals surface area contributed by atoms with E-state index in [9.17, 15) is 39.6 Å². The summed E-state index contributed by atoms with van der Waals surface area (Å²) in [5, 5.41) is 40.7. The van der Waals surface area contributed by atoms with Crippen LogP contribution in [-0.4, -0.2) is 80.2 Å². The highest BCUT2D eigenvalue weighted by Gasteiger charge is 2.26. The van der Waals surface area contributed by atoms with Crippen molar-refractivity contribution >= 4 is 48.1 Å². The Balaban J connectivity index is 0.000000163. The molecule has 492 valence electrons. The minimum absolute atomic E-state index is 0.127. The maximum absolute atomic E-state index is 12.8. The third-order valence-electron chi connectivity index (χ3n) is 17.4. The number of likely N-dealkylation sites (tertiary alicyclic amines) is 2. The van der Waals surface area contributed by atoms with Crippen LogP contribution >= 0.6 is 0 Å². The molecule has 8 aromatic rings. The number of carbonyl (C=O) groups is 4. The van der Waals surface area contributed by atoms with Gasteiger partial charge in [0.15, 0.2) is 0 Å². The van der Waals surface area contributed by atoms with Crippen molar-refractivity contribution in [2.45, 2.75) is 129 Å². The minimum Gasteiger partial charge on any atom is -0.478 e. The molecule has 3 aliphatic heterocycles. The number of carboxylic acid groups (broad SMARTS) is 1. The number of nitrogens with zero attached hydrogens (tertiary/aromatic N) is 2. The van der Waals surface area contributed by atoms with Crippen molar-refractivity contribution in [1.29, 1.82) is 0 Å². The maximum atomic E-state index is 12.8. The number of hydrogen-bond donors (Lipinski definition) is 4. The summed E-state index contributed by atoms with van der Waals surface area (Å²) < 4.78 is 5.69. The third kappa shape index (κ3) is 21.2. The van der Waals surface area contributed by atoms with Crippen LogP contribution in [0.2, 0.25) is 0 Å². The van der Waals surface area contributed by atoms with Gasteiger partial charge in [-0.15, -0.1) is 0 Å². The first kappa shape index (κ1) is 71.3. The molecule has 95 heavy (non-hydrogen) atoms. The number of aliphatic hydroxyl groups excluding tert-OH is 3. The molecule has 4 N–H and O–H groups in total. The molecule has 8 aromatic carbocycles. The molecule has 0 spiro atoms. The van der Waals surface area contributed by atoms with Crippen molar-refractivity contribution in [2.24, 2.45) is 0 Å². The lowest BCUT2D eigenvalue weighted by molar-refractivity contribution is 0.0297. The number of amides is 2. The van der Waals surface area contributed by atoms with Crippen LogP contribution in [0.5, 0.6) is 0 Å². The molecule has 11 nitrogen and oxygen atoms in total. The number of carboxylic acids is 1. The molecule has 3 heterocycles. The summed E-state index contributed by atoms with van der Waals surface area (Å²) in [5.41, 5.74) is 14.5. The number of hydrogen-bond acceptors (Lipinski definition) is 8. The monoisotopic (exact) mass is 1270 g/mol. The lowest BCUT2D eigenvalue weighted by atomic mass is 9.96. The molecule has 0 aromatic heterocycles. The van der Waals surface area contributed by atoms with Gasteiger partial charge in [-0.2, -0.15) is 0 Å². The van der Waals surface area contributed by atoms with Crippen molar-refractivity contribution in [1.82, 2.24) is 9.80 Å². The molecule has 11 rings (SSSR count). The van der Waals surface area contributed by atoms with Crippen LogP contribution in [0.15, 0.2) is 218 Å². The molecule has 2 amide bonds. The topological polar surface area (TPSA) is 165 Å². The van der Waals surface area contributed by atoms with Crippen LogP contribution in [0.1, 0.15) is 212 Å². The Morgan fingerprint density at radius 3 is 1.22 bits per heavy atom. The van der Waals surface area contributed by atoms with Gasteiger partial charge >= 0.3 is 11.9 Å². The summed E-state index contributed by atoms with van der Waals surface area (Å²) in [6.45, 7) is 11.3. The zero-order chi connectivity index (χ0) is 67.3. The summed E-state index contributed by atoms with van der Waals surface area (Å²) in [7, 11) is 0. The van der Waals surface area contributed by atoms with Crippen LogP contribution in [0.25, 0.3) is 24.3 Å². The van der Waals surface area contributed by atoms with E-state index >= 15 is 0 Å². The number of benzene rings is 8. The van der Waals surface area contributed by atoms with Gasteiger partial charge in [0, 0.05) is 37.3 Å². The SMILES string of the molecule is C/C=C/c1cccc(C(O)CCc2ccccc2C(=O)N2CCCC2)c1.C/C=C/c1cccc(C(O)CCc2ccccc2C(=O)N2CCCC2)c1.C/C=C/c1cccc(C(O)CCc2ccccc2C(=O)O)c1.C/C=C/c1cccc(C2CCc3ccccc3C(=O)O2)c1. The van der Waals surface area contributed by atoms with Crippen LogP contribution in [0.4, 0.5) is 0 Å². The van der Waals surface area contributed by atoms with Gasteiger partial charge in [-0.3, -0.25) is 9.59 Å². The number of rotatable bonds is 20. The van der Waals surface area contributed by atoms with E-state index in [0.717, 1.165) is 143 Å². The Hall–Kier alpha value is -9.52. The van der Waals surface area contributed by atoms with E-state index in [-0.39, 0.29) is 23.9 Å². The van der Waals surface area contributed by atoms with Gasteiger partial charge in [0.05, 0.1) is 29.4 Å². The summed E-state index contributed by atoms with van der Waals surface area (Å²) >= 11 is 0. The normalized spacial score (nSPS) is 15.4. The second kappa shape index (κ2) is 37.4. The first-order valence-corrected chi connectivity index (χ1v) is 33.6. The fraction of sp³-hybridized carbons (Fsp3) is 0.286. The number of fused-ring (bicyclic) bond motifs is 1. The van der Waals surface area contributed by atoms with E-state index in [0.29, 0.717) is 49.7 Å². The molecule has 0 bridgehead atoms. The lowest BCUT2D eigenvalue weighted by Gasteiger charge is -2.18. The van der Waals surface area contributed by atoms with Crippen molar-refractivity contribution in [3.05, 3.63) is 307 Å². The summed E-state index contributed by atoms with van der Waals surface area (Å²) in [6.07, 6.45) is 23.8. The summed E-state index contributed by atoms with van der Waals surface area (Å²) in [6, 6.07) is 62.1. The molecule has 3 aliphatic rings. The number of aromatic carboxylic acids is 1. The Labute approximate surface area is 562 Å². The molecule has 2 fully saturated rings. The van der Waals surface area contributed by atoms with E-state index in [2.05, 4.69) is 18.2 Å². The maximum Gasteiger partial charge on any atom is 0.339 e. The molecule has 4 atom stereocenters. The predicted octanol–water partition coefficient (Wildman–Crippen LogP) is 17.9. The van der Waals surface area contributed by atoms with E-state index in [1.807, 2.05) is 244 Å². The van der Waals surface area contributed by atoms with Crippen molar-refractivity contribution in [3.8, 4) is 0 Å². The Morgan fingerprint density at radius 1 is 0.453 bits per heavy atom. The average molecular weight is 1270 g/mol. The second-order valence-electron chi connectivity index (χ2n) is 24.2. The van der Waals surface area contributed by atoms with E-state index in [1.54, 1.807) is 18.2 Å². The first-order chi connectivity index (χ1) is 46.3. The number of carbonyl (C=O) groups excluding carboxylic acids is 3. The van der Waals surface area contributed by atoms with Gasteiger partial charge in [0.1, 0.15) is 6.10 Å². The average Bonchev–Trinajstić information content (AvgIpc) is 1.84. The fourth-order valence-electron chi connectivity index (χ4n) is 12.4. The van der Waals surface area contributed by atoms with Crippen molar-refractivity contribution in [3.63, 3.8) is 0 Å². The molecule has 4 unspecified atom stereocenters. The zero-order valence-electron chi connectivity index (χ0n) is 55.4. The van der Waals surface area contributed by atoms with Crippen molar-refractivity contribution < 1.29 is 44.3 Å². The van der Waals surface area contributed by atoms with Crippen LogP contribution in [0, 0.1) is 0 Å². The van der Waals surface area contributed by atoms with Crippen molar-refractivity contribution in [2.75, 3.05) is 26.2 Å². The molecule has 11 heteroatoms. The summed E-state index contributed by atoms with van der Waals surface area (Å²) in [5.74, 6) is -0.893. The molecule has 0 aliphatic carbocycles. The van der Waals surface area contributed by atoms with E-state index < -0.39 is 24.3 Å². The Bertz CT molecular complexity index is 3790. The molecule has 0 saturated carbocycles. The van der Waals surface area contributed by atoms with Crippen LogP contribution in [0.3, 0.4) is 0 Å². The van der Waals surface area contributed by atoms with Gasteiger partial charge in [0.25, 0.3) is 11.8 Å².